The number of nitrogen functional groups attached to an aromatic ring is 5. The molecule has 10 aromatic heterocycles. The molecule has 0 bridgehead atoms. The van der Waals surface area contributed by atoms with Gasteiger partial charge in [-0.2, -0.15) is 9.97 Å². The second-order valence-electron chi connectivity index (χ2n) is 29.4. The van der Waals surface area contributed by atoms with Crippen molar-refractivity contribution < 1.29 is 112 Å². The lowest BCUT2D eigenvalue weighted by Crippen LogP contribution is -2.33. The fraction of sp³-hybridized carbons (Fsp3) is 0.548. The van der Waals surface area contributed by atoms with Gasteiger partial charge in [0.1, 0.15) is 109 Å². The number of rotatable bonds is 35. The van der Waals surface area contributed by atoms with E-state index in [4.69, 9.17) is 182 Å². The van der Waals surface area contributed by atoms with Crippen molar-refractivity contribution in [3.05, 3.63) is 109 Å². The predicted octanol–water partition coefficient (Wildman–Crippen LogP) is 1.45. The number of hydrogen-bond acceptors (Lipinski definition) is 45. The molecule has 18 N–H and O–H groups in total. The van der Waals surface area contributed by atoms with Gasteiger partial charge in [0.25, 0.3) is 11.1 Å². The zero-order valence-electron chi connectivity index (χ0n) is 66.3. The smallest absolute Gasteiger partial charge is 0.351 e. The number of imidazole rings is 4. The lowest BCUT2D eigenvalue weighted by atomic mass is 10.1. The normalized spacial score (nSPS) is 29.3. The van der Waals surface area contributed by atoms with E-state index >= 15 is 0 Å². The number of ether oxygens (including phenoxy) is 6. The van der Waals surface area contributed by atoms with Crippen molar-refractivity contribution in [2.24, 2.45) is 0 Å². The molecule has 0 spiro atoms. The van der Waals surface area contributed by atoms with Gasteiger partial charge in [0, 0.05) is 69.2 Å². The van der Waals surface area contributed by atoms with Gasteiger partial charge in [-0.05, 0) is 91.1 Å². The molecule has 6 aliphatic heterocycles. The molecule has 53 nitrogen and oxygen atoms in total. The second kappa shape index (κ2) is 37.5. The second-order valence-corrected chi connectivity index (χ2v) is 46.3. The monoisotopic (exact) mass is 2000 g/mol. The minimum atomic E-state index is -4.68. The van der Waals surface area contributed by atoms with Crippen molar-refractivity contribution in [2.75, 3.05) is 68.8 Å². The first kappa shape index (κ1) is 93.7. The Kier molecular flexibility index (Phi) is 27.7. The first-order valence-corrected chi connectivity index (χ1v) is 53.7. The standard InChI is InChI=1S/C62H81N25O28P6S6/c1-5-28-29(6-42(104-28)84-22-74-46-51(64)68-19-71-54(46)84)111-117(93,123)99-15-37-32(8-41(106-37)83-13-27(3)58(88)81-62(83)91)113-119(95,125)103-18-39-34(11-45(109-39)87-25-77-49-57(87)79-60(67)80-59(49)89)115-121(97,127)101-16-36-31(7-40(105-36)82-12-26(2)50(63)78-61(82)90)112-118(94,124)102-17-38-33(10-44(108-38)86-24-76-48-53(66)70-21-73-56(48)86)114-120(96,126)100-14-35-30(110-116(92,122)98-4)9-43(107-35)85-23-75-47-52(65)69-20-72-55(47)85/h12-13,19-25,28-45H,5-11,14-18H2,1-4H3,(H,92,122)(H,93,123)(H,94,124)(H,95,125)(H,96,126)(H,97,127)(H2,63,78,90)(H2,64,68,71)(H2,65,69,72)(H2,66,70,73)(H,81,88,91)(H3,67,79,80,89)/t28-,29?,30?,31?,32?,33?,34?,35-,36-,37-,38-,39-,40-,41-,42-,43-,44-,45-,116?,117?,118?,119?,120?,121?/m1/s1. The maximum Gasteiger partial charge on any atom is 0.351 e. The van der Waals surface area contributed by atoms with Gasteiger partial charge >= 0.3 is 51.7 Å². The van der Waals surface area contributed by atoms with Gasteiger partial charge in [0.2, 0.25) is 5.95 Å². The number of hydrogen-bond donors (Lipinski definition) is 13. The molecule has 16 rings (SSSR count). The number of nitrogens with two attached hydrogens (primary N) is 5. The molecule has 12 unspecified atom stereocenters. The number of aromatic nitrogens is 20. The molecule has 24 atom stereocenters. The quantitative estimate of drug-likeness (QED) is 0.0250. The van der Waals surface area contributed by atoms with Gasteiger partial charge in [-0.1, -0.05) is 6.92 Å². The summed E-state index contributed by atoms with van der Waals surface area (Å²) in [4.78, 5) is 179. The van der Waals surface area contributed by atoms with Crippen LogP contribution in [-0.2, 0) is 154 Å². The van der Waals surface area contributed by atoms with E-state index in [1.54, 1.807) is 16.1 Å². The fourth-order valence-electron chi connectivity index (χ4n) is 15.0. The van der Waals surface area contributed by atoms with Gasteiger partial charge < -0.3 is 141 Å². The van der Waals surface area contributed by atoms with Crippen LogP contribution in [0.5, 0.6) is 0 Å². The van der Waals surface area contributed by atoms with Gasteiger partial charge in [-0.3, -0.25) is 47.0 Å². The highest BCUT2D eigenvalue weighted by atomic mass is 32.5. The van der Waals surface area contributed by atoms with Gasteiger partial charge in [-0.25, -0.2) is 59.4 Å². The highest BCUT2D eigenvalue weighted by Crippen LogP contribution is 2.58. The first-order chi connectivity index (χ1) is 60.2. The van der Waals surface area contributed by atoms with E-state index < -0.39 is 206 Å². The predicted molar refractivity (Wildman–Crippen MR) is 462 cm³/mol. The summed E-state index contributed by atoms with van der Waals surface area (Å²) >= 11 is 33.5. The molecular weight excluding hydrogens is 1920 g/mol. The summed E-state index contributed by atoms with van der Waals surface area (Å²) in [6.45, 7) is -25.0. The maximum absolute atomic E-state index is 13.6. The molecule has 0 saturated carbocycles. The number of aryl methyl sites for hydroxylation is 2. The Hall–Kier alpha value is -6.50. The van der Waals surface area contributed by atoms with E-state index in [9.17, 15) is 48.5 Å². The van der Waals surface area contributed by atoms with Crippen LogP contribution in [-0.4, -0.2) is 240 Å². The average molecular weight is 2000 g/mol. The van der Waals surface area contributed by atoms with Crippen LogP contribution in [0.15, 0.2) is 75.9 Å². The molecule has 127 heavy (non-hydrogen) atoms. The maximum atomic E-state index is 13.6. The van der Waals surface area contributed by atoms with Crippen molar-refractivity contribution in [1.29, 1.82) is 0 Å². The van der Waals surface area contributed by atoms with E-state index in [2.05, 4.69) is 69.8 Å². The van der Waals surface area contributed by atoms with Crippen LogP contribution in [0.4, 0.5) is 29.2 Å². The Balaban J connectivity index is 0.612. The summed E-state index contributed by atoms with van der Waals surface area (Å²) in [5, 5.41) is 0. The number of nitrogens with zero attached hydrogens (tertiary/aromatic N) is 18. The van der Waals surface area contributed by atoms with Gasteiger partial charge in [0.05, 0.1) is 101 Å². The summed E-state index contributed by atoms with van der Waals surface area (Å²) in [5.74, 6) is -0.104. The summed E-state index contributed by atoms with van der Waals surface area (Å²) in [5.41, 5.74) is 29.1. The number of nitrogens with one attached hydrogen (secondary N) is 2. The molecule has 0 radical (unpaired) electrons. The Labute approximate surface area is 744 Å². The van der Waals surface area contributed by atoms with Crippen molar-refractivity contribution >= 4 is 185 Å². The van der Waals surface area contributed by atoms with Crippen LogP contribution in [0, 0.1) is 13.8 Å². The van der Waals surface area contributed by atoms with Gasteiger partial charge in [-0.15, -0.1) is 0 Å². The molecule has 0 aromatic carbocycles. The Morgan fingerprint density at radius 1 is 0.386 bits per heavy atom. The van der Waals surface area contributed by atoms with Crippen LogP contribution in [0.25, 0.3) is 44.7 Å². The van der Waals surface area contributed by atoms with E-state index in [0.29, 0.717) is 28.8 Å². The zero-order chi connectivity index (χ0) is 90.3. The third-order valence-corrected chi connectivity index (χ3v) is 30.8. The summed E-state index contributed by atoms with van der Waals surface area (Å²) in [7, 11) is 1.16. The number of fused-ring (bicyclic) bond motifs is 4. The zero-order valence-corrected chi connectivity index (χ0v) is 76.6. The van der Waals surface area contributed by atoms with Gasteiger partial charge in [0.15, 0.2) is 45.6 Å². The fourth-order valence-corrected chi connectivity index (χ4v) is 23.4. The molecule has 65 heteroatoms. The van der Waals surface area contributed by atoms with Crippen LogP contribution in [0.3, 0.4) is 0 Å². The van der Waals surface area contributed by atoms with E-state index in [-0.39, 0.29) is 101 Å². The van der Waals surface area contributed by atoms with Crippen molar-refractivity contribution in [1.82, 2.24) is 97.2 Å². The highest BCUT2D eigenvalue weighted by Gasteiger charge is 2.51. The number of H-pyrrole nitrogens is 2. The number of anilines is 5. The Bertz CT molecular complexity index is 6400. The topological polar surface area (TPSA) is 702 Å². The molecular formula is C62H81N25O28P6S6. The van der Waals surface area contributed by atoms with Crippen LogP contribution >= 0.6 is 40.3 Å². The van der Waals surface area contributed by atoms with E-state index in [1.807, 2.05) is 6.92 Å². The number of aromatic amines is 2. The molecule has 16 heterocycles. The lowest BCUT2D eigenvalue weighted by molar-refractivity contribution is -0.0565. The average Bonchev–Trinajstić information content (AvgIpc) is 1.61. The molecule has 0 amide bonds. The summed E-state index contributed by atoms with van der Waals surface area (Å²) in [6, 6.07) is 0. The Morgan fingerprint density at radius 2 is 0.693 bits per heavy atom. The third kappa shape index (κ3) is 21.0. The van der Waals surface area contributed by atoms with Crippen LogP contribution in [0.2, 0.25) is 0 Å². The van der Waals surface area contributed by atoms with Crippen LogP contribution < -0.4 is 51.2 Å². The lowest BCUT2D eigenvalue weighted by Gasteiger charge is -2.28. The largest absolute Gasteiger partial charge is 0.383 e. The summed E-state index contributed by atoms with van der Waals surface area (Å²) < 4.78 is 119. The molecule has 6 fully saturated rings. The minimum Gasteiger partial charge on any atom is -0.383 e. The molecule has 6 saturated heterocycles. The third-order valence-electron chi connectivity index (χ3n) is 21.1. The molecule has 6 aliphatic rings. The SMILES string of the molecule is CC[C@H]1O[C@@H](n2cnc3c(N)ncnc32)CC1OP(O)(=S)OC[C@H]1O[C@@H](n2cc(C)c(=O)[nH]c2=O)CC1OP(O)(=S)OC[C@H]1O[C@@H](n2cnc3c(=O)[nH]c(N)nc32)CC1OP(O)(=S)OC[C@H]1O[C@@H](n2cc(C)c(N)nc2=O)CC1OP(O)(=S)OC[C@H]1O[C@@H](n2cnc3c(N)ncnc32)CC1OP(O)(=S)OC[C@H]1O[C@@H](n2cnc3c(N)ncnc32)CC1OP(O)(=S)OC. The van der Waals surface area contributed by atoms with Crippen molar-refractivity contribution in [2.45, 2.75) is 176 Å². The minimum absolute atomic E-state index is 0.0141. The van der Waals surface area contributed by atoms with Crippen molar-refractivity contribution in [3.8, 4) is 0 Å². The molecule has 688 valence electrons. The molecule has 0 aliphatic carbocycles. The highest BCUT2D eigenvalue weighted by molar-refractivity contribution is 8.08. The molecule has 10 aromatic rings. The Morgan fingerprint density at radius 3 is 1.05 bits per heavy atom. The van der Waals surface area contributed by atoms with Crippen LogP contribution in [0.1, 0.15) is 100 Å². The van der Waals surface area contributed by atoms with E-state index in [0.717, 1.165) is 16.2 Å². The first-order valence-electron chi connectivity index (χ1n) is 38.1. The van der Waals surface area contributed by atoms with E-state index in [1.165, 1.54) is 72.7 Å². The van der Waals surface area contributed by atoms with Crippen molar-refractivity contribution in [3.63, 3.8) is 0 Å². The summed E-state index contributed by atoms with van der Waals surface area (Å²) in [6.07, 6.45) is -9.60.